The van der Waals surface area contributed by atoms with Crippen LogP contribution >= 0.6 is 0 Å². The summed E-state index contributed by atoms with van der Waals surface area (Å²) in [5.74, 6) is -0.328. The number of nitrogens with zero attached hydrogens (tertiary/aromatic N) is 4. The average Bonchev–Trinajstić information content (AvgIpc) is 2.97. The third-order valence-electron chi connectivity index (χ3n) is 3.12. The van der Waals surface area contributed by atoms with Gasteiger partial charge < -0.3 is 0 Å². The lowest BCUT2D eigenvalue weighted by atomic mass is 10.2. The third-order valence-corrected chi connectivity index (χ3v) is 3.12. The van der Waals surface area contributed by atoms with E-state index in [0.717, 1.165) is 5.56 Å². The number of halogens is 1. The molecule has 5 heteroatoms. The monoisotopic (exact) mass is 290 g/mol. The molecule has 0 aliphatic heterocycles. The van der Waals surface area contributed by atoms with Gasteiger partial charge in [-0.2, -0.15) is 5.26 Å². The molecular weight excluding hydrogens is 279 g/mol. The van der Waals surface area contributed by atoms with Gasteiger partial charge in [0.1, 0.15) is 17.6 Å². The number of benzene rings is 2. The Bertz CT molecular complexity index is 843. The van der Waals surface area contributed by atoms with Crippen LogP contribution in [0.5, 0.6) is 0 Å². The summed E-state index contributed by atoms with van der Waals surface area (Å²) in [5.41, 5.74) is 2.41. The van der Waals surface area contributed by atoms with Crippen LogP contribution < -0.4 is 0 Å². The fourth-order valence-corrected chi connectivity index (χ4v) is 2.03. The second kappa shape index (κ2) is 6.02. The average molecular weight is 290 g/mol. The van der Waals surface area contributed by atoms with Crippen molar-refractivity contribution in [3.63, 3.8) is 0 Å². The normalized spacial score (nSPS) is 10.7. The molecule has 0 aliphatic carbocycles. The molecule has 1 heterocycles. The first kappa shape index (κ1) is 13.7. The van der Waals surface area contributed by atoms with Crippen molar-refractivity contribution < 1.29 is 4.39 Å². The highest BCUT2D eigenvalue weighted by Crippen LogP contribution is 2.16. The second-order valence-electron chi connectivity index (χ2n) is 4.57. The molecule has 22 heavy (non-hydrogen) atoms. The molecule has 0 N–H and O–H groups in total. The highest BCUT2D eigenvalue weighted by atomic mass is 19.1. The predicted molar refractivity (Wildman–Crippen MR) is 81.4 cm³/mol. The van der Waals surface area contributed by atoms with Gasteiger partial charge in [0.25, 0.3) is 0 Å². The van der Waals surface area contributed by atoms with Gasteiger partial charge in [-0.15, -0.1) is 5.10 Å². The molecule has 0 saturated heterocycles. The van der Waals surface area contributed by atoms with Crippen LogP contribution in [0.4, 0.5) is 4.39 Å². The fourth-order valence-electron chi connectivity index (χ4n) is 2.03. The van der Waals surface area contributed by atoms with Crippen LogP contribution in [0.3, 0.4) is 0 Å². The van der Waals surface area contributed by atoms with E-state index in [4.69, 9.17) is 5.26 Å². The van der Waals surface area contributed by atoms with Crippen molar-refractivity contribution in [2.75, 3.05) is 0 Å². The summed E-state index contributed by atoms with van der Waals surface area (Å²) in [5, 5.41) is 17.0. The maximum absolute atomic E-state index is 13.0. The first-order valence-electron chi connectivity index (χ1n) is 6.63. The predicted octanol–water partition coefficient (Wildman–Crippen LogP) is 3.45. The number of aromatic nitrogens is 3. The fraction of sp³-hybridized carbons (Fsp3) is 0. The van der Waals surface area contributed by atoms with E-state index in [9.17, 15) is 4.39 Å². The Balaban J connectivity index is 2.03. The van der Waals surface area contributed by atoms with Crippen LogP contribution in [-0.4, -0.2) is 15.0 Å². The molecule has 0 saturated carbocycles. The molecule has 1 aromatic heterocycles. The molecule has 3 aromatic rings. The van der Waals surface area contributed by atoms with Crippen LogP contribution in [0.15, 0.2) is 54.6 Å². The Labute approximate surface area is 126 Å². The van der Waals surface area contributed by atoms with Crippen LogP contribution in [0.1, 0.15) is 17.0 Å². The van der Waals surface area contributed by atoms with Crippen molar-refractivity contribution >= 4 is 12.2 Å². The van der Waals surface area contributed by atoms with Gasteiger partial charge in [-0.05, 0) is 35.9 Å². The molecular formula is C17H11FN4. The lowest BCUT2D eigenvalue weighted by molar-refractivity contribution is 0.626. The van der Waals surface area contributed by atoms with E-state index < -0.39 is 0 Å². The molecule has 0 fully saturated rings. The first-order valence-corrected chi connectivity index (χ1v) is 6.63. The van der Waals surface area contributed by atoms with Gasteiger partial charge in [0.05, 0.1) is 5.69 Å². The van der Waals surface area contributed by atoms with Crippen molar-refractivity contribution in [3.05, 3.63) is 77.4 Å². The zero-order valence-corrected chi connectivity index (χ0v) is 11.5. The lowest BCUT2D eigenvalue weighted by Crippen LogP contribution is -1.99. The minimum Gasteiger partial charge on any atom is -0.212 e. The van der Waals surface area contributed by atoms with Gasteiger partial charge >= 0.3 is 0 Å². The minimum absolute atomic E-state index is 0.219. The van der Waals surface area contributed by atoms with E-state index in [1.165, 1.54) is 16.8 Å². The van der Waals surface area contributed by atoms with Gasteiger partial charge in [0.15, 0.2) is 5.69 Å². The Kier molecular flexibility index (Phi) is 3.75. The number of hydrogen-bond acceptors (Lipinski definition) is 3. The Hall–Kier alpha value is -3.26. The summed E-state index contributed by atoms with van der Waals surface area (Å²) in [4.78, 5) is 0. The molecule has 2 aromatic carbocycles. The van der Waals surface area contributed by atoms with Gasteiger partial charge in [-0.1, -0.05) is 41.6 Å². The molecule has 0 spiro atoms. The van der Waals surface area contributed by atoms with Gasteiger partial charge in [0.2, 0.25) is 0 Å². The summed E-state index contributed by atoms with van der Waals surface area (Å²) >= 11 is 0. The van der Waals surface area contributed by atoms with Crippen molar-refractivity contribution in [2.45, 2.75) is 0 Å². The van der Waals surface area contributed by atoms with E-state index in [1.807, 2.05) is 42.5 Å². The molecule has 0 radical (unpaired) electrons. The van der Waals surface area contributed by atoms with E-state index in [0.29, 0.717) is 11.4 Å². The van der Waals surface area contributed by atoms with Crippen molar-refractivity contribution in [1.29, 1.82) is 5.26 Å². The van der Waals surface area contributed by atoms with Crippen molar-refractivity contribution in [2.24, 2.45) is 0 Å². The summed E-state index contributed by atoms with van der Waals surface area (Å²) in [6, 6.07) is 17.6. The number of rotatable bonds is 3. The Morgan fingerprint density at radius 1 is 1.00 bits per heavy atom. The largest absolute Gasteiger partial charge is 0.212 e. The molecule has 0 atom stereocenters. The number of hydrogen-bond donors (Lipinski definition) is 0. The first-order chi connectivity index (χ1) is 10.8. The van der Waals surface area contributed by atoms with Gasteiger partial charge in [-0.25, -0.2) is 9.07 Å². The SMILES string of the molecule is N#Cc1nnn(-c2ccc(F)cc2)c1/C=C/c1ccccc1. The molecule has 106 valence electrons. The molecule has 0 amide bonds. The van der Waals surface area contributed by atoms with E-state index in [2.05, 4.69) is 10.3 Å². The van der Waals surface area contributed by atoms with Gasteiger partial charge in [-0.3, -0.25) is 0 Å². The second-order valence-corrected chi connectivity index (χ2v) is 4.57. The molecule has 3 rings (SSSR count). The van der Waals surface area contributed by atoms with Crippen molar-refractivity contribution in [1.82, 2.24) is 15.0 Å². The molecule has 0 unspecified atom stereocenters. The third kappa shape index (κ3) is 2.76. The minimum atomic E-state index is -0.328. The lowest BCUT2D eigenvalue weighted by Gasteiger charge is -2.03. The maximum atomic E-state index is 13.0. The van der Waals surface area contributed by atoms with Crippen molar-refractivity contribution in [3.8, 4) is 11.8 Å². The number of nitriles is 1. The molecule has 0 bridgehead atoms. The molecule has 4 nitrogen and oxygen atoms in total. The van der Waals surface area contributed by atoms with E-state index in [1.54, 1.807) is 18.2 Å². The van der Waals surface area contributed by atoms with Gasteiger partial charge in [0, 0.05) is 0 Å². The quantitative estimate of drug-likeness (QED) is 0.742. The summed E-state index contributed by atoms with van der Waals surface area (Å²) in [7, 11) is 0. The topological polar surface area (TPSA) is 54.5 Å². The Morgan fingerprint density at radius 2 is 1.73 bits per heavy atom. The Morgan fingerprint density at radius 3 is 2.41 bits per heavy atom. The maximum Gasteiger partial charge on any atom is 0.190 e. The van der Waals surface area contributed by atoms with Crippen LogP contribution in [0, 0.1) is 17.1 Å². The highest BCUT2D eigenvalue weighted by Gasteiger charge is 2.11. The highest BCUT2D eigenvalue weighted by molar-refractivity contribution is 5.70. The summed E-state index contributed by atoms with van der Waals surface area (Å²) in [6.45, 7) is 0. The summed E-state index contributed by atoms with van der Waals surface area (Å²) < 4.78 is 14.5. The summed E-state index contributed by atoms with van der Waals surface area (Å²) in [6.07, 6.45) is 3.65. The zero-order valence-electron chi connectivity index (χ0n) is 11.5. The zero-order chi connectivity index (χ0) is 15.4. The smallest absolute Gasteiger partial charge is 0.190 e. The van der Waals surface area contributed by atoms with Crippen LogP contribution in [-0.2, 0) is 0 Å². The van der Waals surface area contributed by atoms with Crippen LogP contribution in [0.2, 0.25) is 0 Å². The van der Waals surface area contributed by atoms with Crippen LogP contribution in [0.25, 0.3) is 17.8 Å². The van der Waals surface area contributed by atoms with E-state index >= 15 is 0 Å². The molecule has 0 aliphatic rings. The van der Waals surface area contributed by atoms with E-state index in [-0.39, 0.29) is 11.5 Å². The standard InChI is InChI=1S/C17H11FN4/c18-14-7-9-15(10-8-14)22-17(16(12-19)20-21-22)11-6-13-4-2-1-3-5-13/h1-11H/b11-6+.